The summed E-state index contributed by atoms with van der Waals surface area (Å²) in [7, 11) is 0. The first kappa shape index (κ1) is 11.2. The number of carboxylic acids is 1. The van der Waals surface area contributed by atoms with Gasteiger partial charge in [0, 0.05) is 5.33 Å². The summed E-state index contributed by atoms with van der Waals surface area (Å²) < 4.78 is 0. The largest absolute Gasteiger partial charge is 0.480 e. The molecule has 0 saturated heterocycles. The lowest BCUT2D eigenvalue weighted by Crippen LogP contribution is -2.31. The summed E-state index contributed by atoms with van der Waals surface area (Å²) in [4.78, 5) is 9.78. The molecule has 0 fully saturated rings. The highest BCUT2D eigenvalue weighted by Crippen LogP contribution is 1.84. The van der Waals surface area contributed by atoms with Crippen molar-refractivity contribution in [2.24, 2.45) is 5.73 Å². The van der Waals surface area contributed by atoms with E-state index in [1.165, 1.54) is 0 Å². The van der Waals surface area contributed by atoms with Crippen molar-refractivity contribution in [1.82, 2.24) is 0 Å². The molecule has 0 rings (SSSR count). The zero-order valence-corrected chi connectivity index (χ0v) is 7.30. The fourth-order valence-electron chi connectivity index (χ4n) is 0.0660. The smallest absolute Gasteiger partial charge is 0.321 e. The van der Waals surface area contributed by atoms with Gasteiger partial charge in [0.2, 0.25) is 0 Å². The van der Waals surface area contributed by atoms with Crippen molar-refractivity contribution in [2.45, 2.75) is 6.04 Å². The van der Waals surface area contributed by atoms with E-state index in [4.69, 9.17) is 10.8 Å². The molecular formula is C3H7Br2NO2. The zero-order valence-electron chi connectivity index (χ0n) is 4.00. The highest BCUT2D eigenvalue weighted by Gasteiger charge is 2.06. The van der Waals surface area contributed by atoms with Crippen LogP contribution in [0.3, 0.4) is 0 Å². The van der Waals surface area contributed by atoms with E-state index in [0.717, 1.165) is 0 Å². The monoisotopic (exact) mass is 247 g/mol. The Labute approximate surface area is 66.1 Å². The molecule has 0 saturated carbocycles. The Balaban J connectivity index is 0. The Hall–Kier alpha value is 0.390. The Morgan fingerprint density at radius 2 is 2.25 bits per heavy atom. The molecule has 0 aliphatic rings. The molecule has 0 unspecified atom stereocenters. The van der Waals surface area contributed by atoms with Crippen LogP contribution in [0.2, 0.25) is 0 Å². The third kappa shape index (κ3) is 4.55. The van der Waals surface area contributed by atoms with Crippen LogP contribution in [-0.4, -0.2) is 22.4 Å². The Kier molecular flexibility index (Phi) is 7.75. The molecule has 1 atom stereocenters. The first-order valence-electron chi connectivity index (χ1n) is 1.73. The molecule has 0 heterocycles. The second kappa shape index (κ2) is 5.53. The van der Waals surface area contributed by atoms with Crippen molar-refractivity contribution >= 4 is 38.9 Å². The molecule has 3 nitrogen and oxygen atoms in total. The molecule has 50 valence electrons. The number of nitrogens with two attached hydrogens (primary N) is 1. The van der Waals surface area contributed by atoms with Crippen LogP contribution in [0.5, 0.6) is 0 Å². The summed E-state index contributed by atoms with van der Waals surface area (Å²) in [6.07, 6.45) is 0. The second-order valence-electron chi connectivity index (χ2n) is 1.10. The van der Waals surface area contributed by atoms with E-state index >= 15 is 0 Å². The van der Waals surface area contributed by atoms with Crippen molar-refractivity contribution in [1.29, 1.82) is 0 Å². The Morgan fingerprint density at radius 1 is 1.88 bits per heavy atom. The van der Waals surface area contributed by atoms with E-state index in [1.807, 2.05) is 0 Å². The number of hydrogen-bond acceptors (Lipinski definition) is 2. The van der Waals surface area contributed by atoms with Gasteiger partial charge < -0.3 is 10.8 Å². The minimum Gasteiger partial charge on any atom is -0.480 e. The normalized spacial score (nSPS) is 11.8. The van der Waals surface area contributed by atoms with Crippen LogP contribution in [0, 0.1) is 0 Å². The molecule has 0 aliphatic carbocycles. The van der Waals surface area contributed by atoms with Crippen molar-refractivity contribution in [3.63, 3.8) is 0 Å². The van der Waals surface area contributed by atoms with E-state index in [9.17, 15) is 4.79 Å². The predicted octanol–water partition coefficient (Wildman–Crippen LogP) is 0.371. The van der Waals surface area contributed by atoms with Crippen molar-refractivity contribution < 1.29 is 9.90 Å². The van der Waals surface area contributed by atoms with Crippen LogP contribution in [0.4, 0.5) is 0 Å². The van der Waals surface area contributed by atoms with E-state index in [0.29, 0.717) is 5.33 Å². The minimum atomic E-state index is -0.975. The lowest BCUT2D eigenvalue weighted by Gasteiger charge is -1.95. The van der Waals surface area contributed by atoms with Crippen LogP contribution in [-0.2, 0) is 4.79 Å². The summed E-state index contributed by atoms with van der Waals surface area (Å²) in [6.45, 7) is 0. The summed E-state index contributed by atoms with van der Waals surface area (Å²) in [5.74, 6) is -0.975. The topological polar surface area (TPSA) is 63.3 Å². The van der Waals surface area contributed by atoms with Crippen LogP contribution >= 0.6 is 32.9 Å². The SMILES string of the molecule is Br.N[C@@H](CBr)C(=O)O. The van der Waals surface area contributed by atoms with Gasteiger partial charge in [-0.3, -0.25) is 4.79 Å². The van der Waals surface area contributed by atoms with Crippen LogP contribution < -0.4 is 5.73 Å². The molecule has 0 spiro atoms. The van der Waals surface area contributed by atoms with Gasteiger partial charge in [0.15, 0.2) is 0 Å². The molecule has 0 aromatic heterocycles. The number of hydrogen-bond donors (Lipinski definition) is 2. The lowest BCUT2D eigenvalue weighted by atomic mass is 10.4. The zero-order chi connectivity index (χ0) is 5.86. The molecule has 0 aromatic carbocycles. The molecule has 3 N–H and O–H groups in total. The molecule has 0 bridgehead atoms. The fraction of sp³-hybridized carbons (Fsp3) is 0.667. The quantitative estimate of drug-likeness (QED) is 0.695. The lowest BCUT2D eigenvalue weighted by molar-refractivity contribution is -0.137. The molecule has 5 heteroatoms. The number of halogens is 2. The van der Waals surface area contributed by atoms with E-state index in [2.05, 4.69) is 15.9 Å². The summed E-state index contributed by atoms with van der Waals surface area (Å²) >= 11 is 2.91. The van der Waals surface area contributed by atoms with Gasteiger partial charge in [0.25, 0.3) is 0 Å². The third-order valence-corrected chi connectivity index (χ3v) is 1.18. The average Bonchev–Trinajstić information content (AvgIpc) is 1.65. The van der Waals surface area contributed by atoms with Gasteiger partial charge in [0.1, 0.15) is 6.04 Å². The molecule has 0 aromatic rings. The minimum absolute atomic E-state index is 0. The molecule has 8 heavy (non-hydrogen) atoms. The molecule has 0 radical (unpaired) electrons. The van der Waals surface area contributed by atoms with Crippen molar-refractivity contribution in [3.8, 4) is 0 Å². The number of carboxylic acid groups (broad SMARTS) is 1. The number of alkyl halides is 1. The van der Waals surface area contributed by atoms with Gasteiger partial charge in [-0.2, -0.15) is 0 Å². The van der Waals surface area contributed by atoms with Gasteiger partial charge >= 0.3 is 5.97 Å². The van der Waals surface area contributed by atoms with Crippen molar-refractivity contribution in [3.05, 3.63) is 0 Å². The second-order valence-corrected chi connectivity index (χ2v) is 1.75. The number of carbonyl (C=O) groups is 1. The van der Waals surface area contributed by atoms with Crippen LogP contribution in [0.15, 0.2) is 0 Å². The molecule has 0 amide bonds. The molecule has 0 aliphatic heterocycles. The summed E-state index contributed by atoms with van der Waals surface area (Å²) in [6, 6.07) is -0.764. The van der Waals surface area contributed by atoms with Gasteiger partial charge in [-0.25, -0.2) is 0 Å². The standard InChI is InChI=1S/C3H6BrNO2.BrH/c4-1-2(5)3(6)7;/h2H,1,5H2,(H,6,7);1H/t2-;/m0./s1. The van der Waals surface area contributed by atoms with E-state index < -0.39 is 12.0 Å². The number of aliphatic carboxylic acids is 1. The van der Waals surface area contributed by atoms with E-state index in [1.54, 1.807) is 0 Å². The predicted molar refractivity (Wildman–Crippen MR) is 39.7 cm³/mol. The highest BCUT2D eigenvalue weighted by atomic mass is 79.9. The van der Waals surface area contributed by atoms with Crippen LogP contribution in [0.1, 0.15) is 0 Å². The van der Waals surface area contributed by atoms with Gasteiger partial charge in [-0.15, -0.1) is 17.0 Å². The van der Waals surface area contributed by atoms with Crippen LogP contribution in [0.25, 0.3) is 0 Å². The van der Waals surface area contributed by atoms with Gasteiger partial charge in [0.05, 0.1) is 0 Å². The average molecular weight is 249 g/mol. The van der Waals surface area contributed by atoms with Gasteiger partial charge in [-0.1, -0.05) is 15.9 Å². The first-order chi connectivity index (χ1) is 3.18. The van der Waals surface area contributed by atoms with E-state index in [-0.39, 0.29) is 17.0 Å². The maximum absolute atomic E-state index is 9.78. The fourth-order valence-corrected chi connectivity index (χ4v) is 0.343. The van der Waals surface area contributed by atoms with Gasteiger partial charge in [-0.05, 0) is 0 Å². The summed E-state index contributed by atoms with van der Waals surface area (Å²) in [5.41, 5.74) is 4.97. The Morgan fingerprint density at radius 3 is 2.25 bits per heavy atom. The maximum atomic E-state index is 9.78. The Bertz CT molecular complexity index is 77.7. The first-order valence-corrected chi connectivity index (χ1v) is 2.85. The maximum Gasteiger partial charge on any atom is 0.321 e. The number of rotatable bonds is 2. The molecular weight excluding hydrogens is 242 g/mol. The highest BCUT2D eigenvalue weighted by molar-refractivity contribution is 9.09. The van der Waals surface area contributed by atoms with Crippen molar-refractivity contribution in [2.75, 3.05) is 5.33 Å². The third-order valence-electron chi connectivity index (χ3n) is 0.483. The summed E-state index contributed by atoms with van der Waals surface area (Å²) in [5, 5.41) is 8.33.